The number of methoxy groups -OCH3 is 1. The highest BCUT2D eigenvalue weighted by atomic mass is 16.5. The molecule has 0 amide bonds. The summed E-state index contributed by atoms with van der Waals surface area (Å²) >= 11 is 0. The molecule has 1 aromatic rings. The summed E-state index contributed by atoms with van der Waals surface area (Å²) in [5.41, 5.74) is 1.68. The summed E-state index contributed by atoms with van der Waals surface area (Å²) in [7, 11) is 1.42. The van der Waals surface area contributed by atoms with Crippen LogP contribution in [0.5, 0.6) is 0 Å². The first kappa shape index (κ1) is 15.7. The Labute approximate surface area is 116 Å². The lowest BCUT2D eigenvalue weighted by atomic mass is 9.98. The maximum Gasteiger partial charge on any atom is 0.338 e. The number of esters is 1. The molecule has 0 bridgehead atoms. The van der Waals surface area contributed by atoms with Gasteiger partial charge >= 0.3 is 5.97 Å². The monoisotopic (exact) mass is 263 g/mol. The van der Waals surface area contributed by atoms with E-state index >= 15 is 0 Å². The van der Waals surface area contributed by atoms with E-state index in [1.165, 1.54) is 7.11 Å². The number of ether oxygens (including phenoxy) is 1. The molecule has 1 rings (SSSR count). The minimum absolute atomic E-state index is 0.176. The molecule has 0 aliphatic carbocycles. The molecule has 106 valence electrons. The van der Waals surface area contributed by atoms with Crippen LogP contribution in [0.1, 0.15) is 56.6 Å². The SMILES string of the molecule is COC(=O)c1ccccc1C(C)N(C(C)C)C(C)C. The number of benzene rings is 1. The molecule has 0 spiro atoms. The van der Waals surface area contributed by atoms with Crippen LogP contribution in [0.2, 0.25) is 0 Å². The van der Waals surface area contributed by atoms with Crippen LogP contribution in [0, 0.1) is 0 Å². The van der Waals surface area contributed by atoms with Crippen LogP contribution in [-0.2, 0) is 4.74 Å². The van der Waals surface area contributed by atoms with Crippen LogP contribution in [0.25, 0.3) is 0 Å². The normalized spacial score (nSPS) is 13.1. The molecule has 1 unspecified atom stereocenters. The fourth-order valence-electron chi connectivity index (χ4n) is 2.81. The Morgan fingerprint density at radius 1 is 1.05 bits per heavy atom. The molecule has 0 radical (unpaired) electrons. The summed E-state index contributed by atoms with van der Waals surface area (Å²) in [4.78, 5) is 14.3. The molecule has 19 heavy (non-hydrogen) atoms. The molecule has 0 aromatic heterocycles. The maximum atomic E-state index is 11.9. The van der Waals surface area contributed by atoms with Crippen molar-refractivity contribution in [1.82, 2.24) is 4.90 Å². The van der Waals surface area contributed by atoms with E-state index in [4.69, 9.17) is 4.74 Å². The number of hydrogen-bond acceptors (Lipinski definition) is 3. The summed E-state index contributed by atoms with van der Waals surface area (Å²) in [6, 6.07) is 8.69. The standard InChI is InChI=1S/C16H25NO2/c1-11(2)17(12(3)4)13(5)14-9-7-8-10-15(14)16(18)19-6/h7-13H,1-6H3. The second-order valence-corrected chi connectivity index (χ2v) is 5.39. The molecule has 1 aromatic carbocycles. The minimum Gasteiger partial charge on any atom is -0.465 e. The Bertz CT molecular complexity index is 419. The zero-order chi connectivity index (χ0) is 14.6. The van der Waals surface area contributed by atoms with E-state index in [1.54, 1.807) is 0 Å². The summed E-state index contributed by atoms with van der Waals surface area (Å²) in [6.45, 7) is 10.9. The third-order valence-electron chi connectivity index (χ3n) is 3.46. The van der Waals surface area contributed by atoms with Crippen LogP contribution in [0.15, 0.2) is 24.3 Å². The first-order valence-corrected chi connectivity index (χ1v) is 6.84. The number of rotatable bonds is 5. The van der Waals surface area contributed by atoms with Crippen LogP contribution in [0.3, 0.4) is 0 Å². The number of nitrogens with zero attached hydrogens (tertiary/aromatic N) is 1. The molecular formula is C16H25NO2. The predicted molar refractivity (Wildman–Crippen MR) is 78.3 cm³/mol. The van der Waals surface area contributed by atoms with Crippen LogP contribution in [0.4, 0.5) is 0 Å². The average molecular weight is 263 g/mol. The van der Waals surface area contributed by atoms with E-state index in [9.17, 15) is 4.79 Å². The van der Waals surface area contributed by atoms with Gasteiger partial charge in [-0.2, -0.15) is 0 Å². The van der Waals surface area contributed by atoms with Gasteiger partial charge in [-0.05, 0) is 46.2 Å². The van der Waals surface area contributed by atoms with Gasteiger partial charge in [0, 0.05) is 18.1 Å². The first-order valence-electron chi connectivity index (χ1n) is 6.84. The zero-order valence-corrected chi connectivity index (χ0v) is 12.8. The second-order valence-electron chi connectivity index (χ2n) is 5.39. The van der Waals surface area contributed by atoms with Crippen LogP contribution in [-0.4, -0.2) is 30.1 Å². The topological polar surface area (TPSA) is 29.5 Å². The smallest absolute Gasteiger partial charge is 0.338 e. The quantitative estimate of drug-likeness (QED) is 0.759. The minimum atomic E-state index is -0.269. The van der Waals surface area contributed by atoms with Gasteiger partial charge in [0.2, 0.25) is 0 Å². The van der Waals surface area contributed by atoms with E-state index in [0.29, 0.717) is 17.6 Å². The van der Waals surface area contributed by atoms with E-state index < -0.39 is 0 Å². The van der Waals surface area contributed by atoms with Gasteiger partial charge < -0.3 is 4.74 Å². The fourth-order valence-corrected chi connectivity index (χ4v) is 2.81. The van der Waals surface area contributed by atoms with Crippen molar-refractivity contribution in [2.75, 3.05) is 7.11 Å². The van der Waals surface area contributed by atoms with Gasteiger partial charge in [0.1, 0.15) is 0 Å². The molecule has 0 fully saturated rings. The Morgan fingerprint density at radius 3 is 2.05 bits per heavy atom. The fraction of sp³-hybridized carbons (Fsp3) is 0.562. The summed E-state index contributed by atoms with van der Waals surface area (Å²) in [5.74, 6) is -0.269. The molecule has 3 nitrogen and oxygen atoms in total. The van der Waals surface area contributed by atoms with Crippen molar-refractivity contribution in [3.8, 4) is 0 Å². The van der Waals surface area contributed by atoms with Gasteiger partial charge in [-0.1, -0.05) is 18.2 Å². The maximum absolute atomic E-state index is 11.9. The van der Waals surface area contributed by atoms with Gasteiger partial charge in [-0.15, -0.1) is 0 Å². The van der Waals surface area contributed by atoms with Crippen LogP contribution >= 0.6 is 0 Å². The van der Waals surface area contributed by atoms with Crippen molar-refractivity contribution in [3.05, 3.63) is 35.4 Å². The summed E-state index contributed by atoms with van der Waals surface area (Å²) in [6.07, 6.45) is 0. The van der Waals surface area contributed by atoms with Crippen molar-refractivity contribution in [1.29, 1.82) is 0 Å². The molecule has 0 heterocycles. The highest BCUT2D eigenvalue weighted by Gasteiger charge is 2.25. The lowest BCUT2D eigenvalue weighted by Crippen LogP contribution is -2.39. The highest BCUT2D eigenvalue weighted by Crippen LogP contribution is 2.27. The zero-order valence-electron chi connectivity index (χ0n) is 12.8. The van der Waals surface area contributed by atoms with Gasteiger partial charge in [0.05, 0.1) is 12.7 Å². The van der Waals surface area contributed by atoms with E-state index in [-0.39, 0.29) is 12.0 Å². The molecule has 0 aliphatic rings. The molecule has 1 atom stereocenters. The number of carbonyl (C=O) groups is 1. The van der Waals surface area contributed by atoms with Crippen molar-refractivity contribution in [3.63, 3.8) is 0 Å². The second kappa shape index (κ2) is 6.71. The van der Waals surface area contributed by atoms with Crippen LogP contribution < -0.4 is 0 Å². The van der Waals surface area contributed by atoms with E-state index in [2.05, 4.69) is 39.5 Å². The third kappa shape index (κ3) is 3.57. The van der Waals surface area contributed by atoms with Gasteiger partial charge in [0.15, 0.2) is 0 Å². The Balaban J connectivity index is 3.18. The lowest BCUT2D eigenvalue weighted by molar-refractivity contribution is 0.0592. The molecule has 3 heteroatoms. The van der Waals surface area contributed by atoms with Gasteiger partial charge in [-0.3, -0.25) is 4.90 Å². The Kier molecular flexibility index (Phi) is 5.55. The third-order valence-corrected chi connectivity index (χ3v) is 3.46. The summed E-state index contributed by atoms with van der Waals surface area (Å²) in [5, 5.41) is 0. The molecular weight excluding hydrogens is 238 g/mol. The molecule has 0 aliphatic heterocycles. The van der Waals surface area contributed by atoms with Crippen molar-refractivity contribution in [2.24, 2.45) is 0 Å². The lowest BCUT2D eigenvalue weighted by Gasteiger charge is -2.37. The molecule has 0 saturated heterocycles. The first-order chi connectivity index (χ1) is 8.90. The number of carbonyl (C=O) groups excluding carboxylic acids is 1. The summed E-state index contributed by atoms with van der Waals surface area (Å²) < 4.78 is 4.87. The largest absolute Gasteiger partial charge is 0.465 e. The average Bonchev–Trinajstić information content (AvgIpc) is 2.36. The number of hydrogen-bond donors (Lipinski definition) is 0. The van der Waals surface area contributed by atoms with Gasteiger partial charge in [-0.25, -0.2) is 4.79 Å². The predicted octanol–water partition coefficient (Wildman–Crippen LogP) is 3.65. The Hall–Kier alpha value is -1.35. The van der Waals surface area contributed by atoms with Gasteiger partial charge in [0.25, 0.3) is 0 Å². The Morgan fingerprint density at radius 2 is 1.58 bits per heavy atom. The van der Waals surface area contributed by atoms with Crippen molar-refractivity contribution < 1.29 is 9.53 Å². The van der Waals surface area contributed by atoms with Crippen molar-refractivity contribution in [2.45, 2.75) is 52.7 Å². The van der Waals surface area contributed by atoms with E-state index in [1.807, 2.05) is 24.3 Å². The molecule has 0 saturated carbocycles. The van der Waals surface area contributed by atoms with E-state index in [0.717, 1.165) is 5.56 Å². The highest BCUT2D eigenvalue weighted by molar-refractivity contribution is 5.91. The molecule has 0 N–H and O–H groups in total. The van der Waals surface area contributed by atoms with Crippen molar-refractivity contribution >= 4 is 5.97 Å².